The van der Waals surface area contributed by atoms with E-state index in [1.807, 2.05) is 36.4 Å². The molecule has 0 spiro atoms. The standard InChI is InChI=1S/C21H24N2O2S/c1-24-19-12-7-6-11-17(19)22-21-23(16-9-4-2-3-5-10-16)18(15-26-21)20-13-8-14-25-20/h6-8,11-16H,2-5,9-10H2,1H3. The Hall–Kier alpha value is -2.27. The van der Waals surface area contributed by atoms with Crippen molar-refractivity contribution < 1.29 is 9.15 Å². The van der Waals surface area contributed by atoms with Crippen molar-refractivity contribution in [3.05, 3.63) is 52.8 Å². The van der Waals surface area contributed by atoms with Gasteiger partial charge >= 0.3 is 0 Å². The Morgan fingerprint density at radius 2 is 1.88 bits per heavy atom. The highest BCUT2D eigenvalue weighted by molar-refractivity contribution is 7.07. The zero-order valence-corrected chi connectivity index (χ0v) is 15.9. The van der Waals surface area contributed by atoms with Crippen molar-refractivity contribution in [2.24, 2.45) is 4.99 Å². The molecule has 26 heavy (non-hydrogen) atoms. The van der Waals surface area contributed by atoms with Gasteiger partial charge in [0.2, 0.25) is 0 Å². The van der Waals surface area contributed by atoms with E-state index in [2.05, 4.69) is 9.95 Å². The normalized spacial score (nSPS) is 16.6. The summed E-state index contributed by atoms with van der Waals surface area (Å²) in [6.07, 6.45) is 9.35. The van der Waals surface area contributed by atoms with Gasteiger partial charge in [-0.25, -0.2) is 4.99 Å². The molecule has 0 atom stereocenters. The fourth-order valence-electron chi connectivity index (χ4n) is 3.70. The molecule has 0 saturated heterocycles. The topological polar surface area (TPSA) is 39.7 Å². The van der Waals surface area contributed by atoms with E-state index in [0.717, 1.165) is 27.7 Å². The summed E-state index contributed by atoms with van der Waals surface area (Å²) in [6.45, 7) is 0. The molecule has 1 aromatic carbocycles. The van der Waals surface area contributed by atoms with Crippen LogP contribution < -0.4 is 9.54 Å². The lowest BCUT2D eigenvalue weighted by atomic mass is 10.1. The number of aromatic nitrogens is 1. The predicted molar refractivity (Wildman–Crippen MR) is 105 cm³/mol. The molecule has 1 saturated carbocycles. The third kappa shape index (κ3) is 3.49. The Morgan fingerprint density at radius 3 is 2.62 bits per heavy atom. The molecular weight excluding hydrogens is 344 g/mol. The van der Waals surface area contributed by atoms with Crippen LogP contribution in [-0.2, 0) is 0 Å². The number of hydrogen-bond acceptors (Lipinski definition) is 4. The smallest absolute Gasteiger partial charge is 0.190 e. The molecular formula is C21H24N2O2S. The number of methoxy groups -OCH3 is 1. The van der Waals surface area contributed by atoms with E-state index < -0.39 is 0 Å². The number of hydrogen-bond donors (Lipinski definition) is 0. The Balaban J connectivity index is 1.85. The summed E-state index contributed by atoms with van der Waals surface area (Å²) >= 11 is 1.67. The van der Waals surface area contributed by atoms with Crippen molar-refractivity contribution in [3.63, 3.8) is 0 Å². The van der Waals surface area contributed by atoms with Crippen LogP contribution in [0, 0.1) is 0 Å². The van der Waals surface area contributed by atoms with Crippen LogP contribution >= 0.6 is 11.3 Å². The third-order valence-electron chi connectivity index (χ3n) is 5.01. The summed E-state index contributed by atoms with van der Waals surface area (Å²) in [5, 5.41) is 2.16. The number of rotatable bonds is 4. The quantitative estimate of drug-likeness (QED) is 0.534. The lowest BCUT2D eigenvalue weighted by molar-refractivity contribution is 0.415. The van der Waals surface area contributed by atoms with Crippen molar-refractivity contribution in [2.75, 3.05) is 7.11 Å². The van der Waals surface area contributed by atoms with Gasteiger partial charge in [0, 0.05) is 11.4 Å². The van der Waals surface area contributed by atoms with Gasteiger partial charge in [-0.1, -0.05) is 37.8 Å². The molecule has 0 N–H and O–H groups in total. The largest absolute Gasteiger partial charge is 0.494 e. The van der Waals surface area contributed by atoms with Crippen LogP contribution in [0.2, 0.25) is 0 Å². The van der Waals surface area contributed by atoms with Gasteiger partial charge < -0.3 is 13.7 Å². The molecule has 1 fully saturated rings. The van der Waals surface area contributed by atoms with E-state index in [4.69, 9.17) is 14.1 Å². The highest BCUT2D eigenvalue weighted by Crippen LogP contribution is 2.32. The molecule has 136 valence electrons. The number of ether oxygens (including phenoxy) is 1. The van der Waals surface area contributed by atoms with Gasteiger partial charge in [-0.2, -0.15) is 0 Å². The Bertz CT molecular complexity index is 900. The minimum Gasteiger partial charge on any atom is -0.494 e. The SMILES string of the molecule is COc1ccccc1N=c1scc(-c2ccco2)n1C1CCCCCC1. The van der Waals surface area contributed by atoms with Crippen LogP contribution in [0.5, 0.6) is 5.75 Å². The van der Waals surface area contributed by atoms with E-state index in [0.29, 0.717) is 6.04 Å². The molecule has 5 heteroatoms. The first-order valence-corrected chi connectivity index (χ1v) is 10.2. The number of nitrogens with zero attached hydrogens (tertiary/aromatic N) is 2. The lowest BCUT2D eigenvalue weighted by Gasteiger charge is -2.19. The summed E-state index contributed by atoms with van der Waals surface area (Å²) in [5.74, 6) is 1.71. The Labute approximate surface area is 157 Å². The van der Waals surface area contributed by atoms with Crippen molar-refractivity contribution in [2.45, 2.75) is 44.6 Å². The van der Waals surface area contributed by atoms with Crippen LogP contribution in [0.3, 0.4) is 0 Å². The fourth-order valence-corrected chi connectivity index (χ4v) is 4.66. The van der Waals surface area contributed by atoms with Gasteiger partial charge in [0.15, 0.2) is 10.6 Å². The summed E-state index contributed by atoms with van der Waals surface area (Å²) < 4.78 is 13.6. The molecule has 4 rings (SSSR count). The summed E-state index contributed by atoms with van der Waals surface area (Å²) in [7, 11) is 1.69. The first-order chi connectivity index (χ1) is 12.9. The van der Waals surface area contributed by atoms with Crippen LogP contribution in [0.1, 0.15) is 44.6 Å². The molecule has 0 unspecified atom stereocenters. The second-order valence-electron chi connectivity index (χ2n) is 6.68. The number of furan rings is 1. The maximum Gasteiger partial charge on any atom is 0.190 e. The molecule has 0 amide bonds. The van der Waals surface area contributed by atoms with Crippen LogP contribution in [-0.4, -0.2) is 11.7 Å². The highest BCUT2D eigenvalue weighted by atomic mass is 32.1. The first kappa shape index (κ1) is 17.2. The Kier molecular flexibility index (Phi) is 5.25. The predicted octanol–water partition coefficient (Wildman–Crippen LogP) is 5.95. The second kappa shape index (κ2) is 7.96. The number of benzene rings is 1. The minimum absolute atomic E-state index is 0.470. The maximum absolute atomic E-state index is 5.71. The molecule has 0 radical (unpaired) electrons. The molecule has 2 heterocycles. The highest BCUT2D eigenvalue weighted by Gasteiger charge is 2.20. The summed E-state index contributed by atoms with van der Waals surface area (Å²) in [5.41, 5.74) is 1.99. The number of thiazole rings is 1. The average molecular weight is 369 g/mol. The molecule has 0 aliphatic heterocycles. The summed E-state index contributed by atoms with van der Waals surface area (Å²) in [6, 6.07) is 12.4. The Morgan fingerprint density at radius 1 is 1.08 bits per heavy atom. The van der Waals surface area contributed by atoms with E-state index in [-0.39, 0.29) is 0 Å². The van der Waals surface area contributed by atoms with Gasteiger partial charge in [0.25, 0.3) is 0 Å². The van der Waals surface area contributed by atoms with Gasteiger partial charge in [0.05, 0.1) is 19.1 Å². The number of para-hydroxylation sites is 2. The monoisotopic (exact) mass is 368 g/mol. The van der Waals surface area contributed by atoms with Crippen LogP contribution in [0.15, 0.2) is 57.5 Å². The van der Waals surface area contributed by atoms with E-state index in [1.54, 1.807) is 24.7 Å². The van der Waals surface area contributed by atoms with Gasteiger partial charge in [-0.15, -0.1) is 11.3 Å². The molecule has 4 nitrogen and oxygen atoms in total. The average Bonchev–Trinajstić information content (AvgIpc) is 3.26. The van der Waals surface area contributed by atoms with Crippen molar-refractivity contribution in [1.29, 1.82) is 0 Å². The second-order valence-corrected chi connectivity index (χ2v) is 7.52. The van der Waals surface area contributed by atoms with Crippen molar-refractivity contribution >= 4 is 17.0 Å². The molecule has 2 aromatic heterocycles. The first-order valence-electron chi connectivity index (χ1n) is 9.28. The van der Waals surface area contributed by atoms with Gasteiger partial charge in [0.1, 0.15) is 11.4 Å². The lowest BCUT2D eigenvalue weighted by Crippen LogP contribution is -2.21. The third-order valence-corrected chi connectivity index (χ3v) is 5.85. The summed E-state index contributed by atoms with van der Waals surface area (Å²) in [4.78, 5) is 5.97. The van der Waals surface area contributed by atoms with Gasteiger partial charge in [-0.3, -0.25) is 0 Å². The van der Waals surface area contributed by atoms with E-state index in [1.165, 1.54) is 38.5 Å². The molecule has 1 aliphatic carbocycles. The maximum atomic E-state index is 5.71. The van der Waals surface area contributed by atoms with Crippen molar-refractivity contribution in [3.8, 4) is 17.2 Å². The van der Waals surface area contributed by atoms with Crippen LogP contribution in [0.4, 0.5) is 5.69 Å². The molecule has 3 aromatic rings. The van der Waals surface area contributed by atoms with Crippen LogP contribution in [0.25, 0.3) is 11.5 Å². The minimum atomic E-state index is 0.470. The van der Waals surface area contributed by atoms with E-state index >= 15 is 0 Å². The van der Waals surface area contributed by atoms with Crippen molar-refractivity contribution in [1.82, 2.24) is 4.57 Å². The van der Waals surface area contributed by atoms with Gasteiger partial charge in [-0.05, 0) is 37.1 Å². The molecule has 0 bridgehead atoms. The molecule has 1 aliphatic rings. The zero-order chi connectivity index (χ0) is 17.8. The van der Waals surface area contributed by atoms with E-state index in [9.17, 15) is 0 Å². The fraction of sp³-hybridized carbons (Fsp3) is 0.381. The zero-order valence-electron chi connectivity index (χ0n) is 15.1.